The van der Waals surface area contributed by atoms with Crippen molar-refractivity contribution in [3.63, 3.8) is 0 Å². The zero-order chi connectivity index (χ0) is 28.6. The molecule has 0 aliphatic rings. The zero-order valence-corrected chi connectivity index (χ0v) is 14.1. The number of rotatable bonds is 5. The molecule has 0 aromatic heterocycles. The van der Waals surface area contributed by atoms with Crippen LogP contribution < -0.4 is 0 Å². The molecule has 0 aromatic carbocycles. The van der Waals surface area contributed by atoms with Crippen molar-refractivity contribution in [1.82, 2.24) is 5.12 Å². The minimum Gasteiger partial charge on any atom is -0.221 e. The van der Waals surface area contributed by atoms with Crippen LogP contribution in [0.25, 0.3) is 0 Å². The van der Waals surface area contributed by atoms with Crippen LogP contribution in [0.15, 0.2) is 0 Å². The third-order valence-electron chi connectivity index (χ3n) is 3.76. The summed E-state index contributed by atoms with van der Waals surface area (Å²) < 4.78 is 295. The van der Waals surface area contributed by atoms with Crippen LogP contribution in [0.1, 0.15) is 0 Å². The van der Waals surface area contributed by atoms with Gasteiger partial charge in [0.1, 0.15) is 0 Å². The van der Waals surface area contributed by atoms with Crippen LogP contribution in [-0.4, -0.2) is 65.1 Å². The Labute approximate surface area is 168 Å². The molecule has 206 valence electrons. The van der Waals surface area contributed by atoms with Crippen LogP contribution in [0, 0.1) is 0 Å². The summed E-state index contributed by atoms with van der Waals surface area (Å²) in [5.41, 5.74) is -19.3. The minimum absolute atomic E-state index is 5.36. The van der Waals surface area contributed by atoms with Crippen LogP contribution in [0.5, 0.6) is 0 Å². The Morgan fingerprint density at radius 1 is 0.324 bits per heavy atom. The molecule has 0 saturated carbocycles. The second-order valence-corrected chi connectivity index (χ2v) is 5.83. The second-order valence-electron chi connectivity index (χ2n) is 5.83. The van der Waals surface area contributed by atoms with Crippen LogP contribution in [0.3, 0.4) is 0 Å². The lowest BCUT2D eigenvalue weighted by molar-refractivity contribution is -0.518. The number of hydrogen-bond acceptors (Lipinski definition) is 1. The first kappa shape index (κ1) is 32.4. The highest BCUT2D eigenvalue weighted by atomic mass is 19.5. The first-order chi connectivity index (χ1) is 14.2. The molecule has 0 spiro atoms. The summed E-state index contributed by atoms with van der Waals surface area (Å²) in [4.78, 5) is 0. The highest BCUT2D eigenvalue weighted by Gasteiger charge is 3.02. The first-order valence-electron chi connectivity index (χ1n) is 6.77. The second kappa shape index (κ2) is 7.67. The molecule has 0 amide bonds. The number of alkyl halides is 22. The predicted octanol–water partition coefficient (Wildman–Crippen LogP) is 7.29. The molecule has 2 atom stereocenters. The largest absolute Gasteiger partial charge is 0.490 e. The van der Waals surface area contributed by atoms with Crippen molar-refractivity contribution in [3.8, 4) is 0 Å². The van der Waals surface area contributed by atoms with Gasteiger partial charge >= 0.3 is 60.0 Å². The average Bonchev–Trinajstić information content (AvgIpc) is 2.53. The van der Waals surface area contributed by atoms with E-state index in [4.69, 9.17) is 0 Å². The summed E-state index contributed by atoms with van der Waals surface area (Å²) in [6, 6.07) is 0. The minimum atomic E-state index is -9.95. The van der Waals surface area contributed by atoms with Gasteiger partial charge < -0.3 is 0 Å². The average molecular weight is 571 g/mol. The molecule has 2 unspecified atom stereocenters. The van der Waals surface area contributed by atoms with E-state index >= 15 is 0 Å². The maximum Gasteiger partial charge on any atom is 0.490 e. The third-order valence-corrected chi connectivity index (χ3v) is 3.76. The van der Waals surface area contributed by atoms with E-state index in [9.17, 15) is 101 Å². The quantitative estimate of drug-likeness (QED) is 0.190. The Hall–Kier alpha value is -1.65. The smallest absolute Gasteiger partial charge is 0.221 e. The van der Waals surface area contributed by atoms with E-state index in [0.29, 0.717) is 0 Å². The number of nitrogens with zero attached hydrogens (tertiary/aromatic N) is 1. The Balaban J connectivity index is 8.30. The van der Waals surface area contributed by atoms with Gasteiger partial charge in [-0.2, -0.15) is 83.4 Å². The van der Waals surface area contributed by atoms with Crippen molar-refractivity contribution in [2.45, 2.75) is 60.0 Å². The highest BCUT2D eigenvalue weighted by molar-refractivity contribution is 5.25. The van der Waals surface area contributed by atoms with Gasteiger partial charge in [0.15, 0.2) is 0 Å². The summed E-state index contributed by atoms with van der Waals surface area (Å²) in [5, 5.41) is -5.36. The Kier molecular flexibility index (Phi) is 7.30. The molecule has 34 heavy (non-hydrogen) atoms. The van der Waals surface area contributed by atoms with E-state index in [1.807, 2.05) is 0 Å². The molecule has 0 N–H and O–H groups in total. The van der Waals surface area contributed by atoms with Crippen molar-refractivity contribution >= 4 is 0 Å². The topological polar surface area (TPSA) is 3.24 Å². The van der Waals surface area contributed by atoms with Crippen molar-refractivity contribution < 1.29 is 101 Å². The van der Waals surface area contributed by atoms with E-state index in [-0.39, 0.29) is 0 Å². The maximum absolute atomic E-state index is 14.2. The number of halogens is 23. The SMILES string of the molecule is FN(C(F)(F)F)C(F)(C(F)(F)C(F)(F)F)C(F)(C(F)(F)F)C(F)(F)C(F)(C(F)(F)F)C(F)(F)F. The van der Waals surface area contributed by atoms with Gasteiger partial charge in [-0.25, -0.2) is 13.2 Å². The Morgan fingerprint density at radius 2 is 0.588 bits per heavy atom. The molecule has 24 heteroatoms. The molecule has 0 aliphatic heterocycles. The van der Waals surface area contributed by atoms with Gasteiger partial charge in [-0.1, -0.05) is 0 Å². The molecule has 0 rings (SSSR count). The predicted molar refractivity (Wildman–Crippen MR) is 54.6 cm³/mol. The molecular formula is C10F23N. The van der Waals surface area contributed by atoms with Crippen molar-refractivity contribution in [3.05, 3.63) is 0 Å². The van der Waals surface area contributed by atoms with Gasteiger partial charge in [0.2, 0.25) is 0 Å². The van der Waals surface area contributed by atoms with E-state index in [1.54, 1.807) is 0 Å². The van der Waals surface area contributed by atoms with Gasteiger partial charge in [-0.3, -0.25) is 0 Å². The maximum atomic E-state index is 14.2. The number of hydrogen-bond donors (Lipinski definition) is 0. The van der Waals surface area contributed by atoms with Crippen LogP contribution in [0.4, 0.5) is 101 Å². The molecule has 0 aliphatic carbocycles. The van der Waals surface area contributed by atoms with Crippen molar-refractivity contribution in [1.29, 1.82) is 0 Å². The first-order valence-corrected chi connectivity index (χ1v) is 6.77. The normalized spacial score (nSPS) is 19.8. The lowest BCUT2D eigenvalue weighted by Gasteiger charge is -2.51. The molecule has 1 nitrogen and oxygen atoms in total. The van der Waals surface area contributed by atoms with Crippen LogP contribution in [0.2, 0.25) is 0 Å². The van der Waals surface area contributed by atoms with Gasteiger partial charge in [0.25, 0.3) is 0 Å². The van der Waals surface area contributed by atoms with Gasteiger partial charge in [-0.05, 0) is 5.12 Å². The van der Waals surface area contributed by atoms with Crippen LogP contribution >= 0.6 is 0 Å². The van der Waals surface area contributed by atoms with E-state index < -0.39 is 65.1 Å². The lowest BCUT2D eigenvalue weighted by Crippen LogP contribution is -2.86. The summed E-state index contributed by atoms with van der Waals surface area (Å²) >= 11 is 0. The van der Waals surface area contributed by atoms with E-state index in [1.165, 1.54) is 0 Å². The molecule has 0 fully saturated rings. The highest BCUT2D eigenvalue weighted by Crippen LogP contribution is 2.69. The molecule has 0 radical (unpaired) electrons. The van der Waals surface area contributed by atoms with Gasteiger partial charge in [0, 0.05) is 0 Å². The molecule has 0 bridgehead atoms. The van der Waals surface area contributed by atoms with Crippen molar-refractivity contribution in [2.24, 2.45) is 0 Å². The summed E-state index contributed by atoms with van der Waals surface area (Å²) in [5.74, 6) is -28.7. The van der Waals surface area contributed by atoms with Gasteiger partial charge in [0.05, 0.1) is 0 Å². The fourth-order valence-corrected chi connectivity index (χ4v) is 2.17. The lowest BCUT2D eigenvalue weighted by atomic mass is 9.74. The summed E-state index contributed by atoms with van der Waals surface area (Å²) in [6.45, 7) is 0. The summed E-state index contributed by atoms with van der Waals surface area (Å²) in [7, 11) is 0. The zero-order valence-electron chi connectivity index (χ0n) is 14.1. The fourth-order valence-electron chi connectivity index (χ4n) is 2.17. The van der Waals surface area contributed by atoms with E-state index in [2.05, 4.69) is 0 Å². The summed E-state index contributed by atoms with van der Waals surface area (Å²) in [6.07, 6.45) is -43.6. The third kappa shape index (κ3) is 3.86. The molecular weight excluding hydrogens is 571 g/mol. The van der Waals surface area contributed by atoms with Gasteiger partial charge in [-0.15, -0.1) is 4.48 Å². The fraction of sp³-hybridized carbons (Fsp3) is 1.00. The van der Waals surface area contributed by atoms with Crippen LogP contribution in [-0.2, 0) is 0 Å². The molecule has 0 aromatic rings. The Bertz CT molecular complexity index is 717. The molecule has 0 heterocycles. The molecule has 0 saturated heterocycles. The van der Waals surface area contributed by atoms with E-state index in [0.717, 1.165) is 0 Å². The standard InChI is InChI=1S/C10F23N/c11-1(6(18,19)20,3(13,14)2(12,7(21,22)23)8(24,25)26)5(17,34(33)10(30,31)32)4(15,16)9(27,28)29. The van der Waals surface area contributed by atoms with Crippen molar-refractivity contribution in [2.75, 3.05) is 0 Å². The Morgan fingerprint density at radius 3 is 0.765 bits per heavy atom. The monoisotopic (exact) mass is 571 g/mol.